The highest BCUT2D eigenvalue weighted by Crippen LogP contribution is 2.47. The molecule has 0 atom stereocenters. The number of likely N-dealkylation sites (N-methyl/N-ethyl adjacent to an activating group) is 1. The summed E-state index contributed by atoms with van der Waals surface area (Å²) < 4.78 is 0. The second-order valence-electron chi connectivity index (χ2n) is 8.64. The van der Waals surface area contributed by atoms with E-state index in [1.165, 1.54) is 5.57 Å². The number of hydrogen-bond acceptors (Lipinski definition) is 3. The summed E-state index contributed by atoms with van der Waals surface area (Å²) in [6.07, 6.45) is 4.69. The lowest BCUT2D eigenvalue weighted by atomic mass is 10.0. The minimum absolute atomic E-state index is 0.0572. The van der Waals surface area contributed by atoms with Crippen LogP contribution in [0.1, 0.15) is 58.9 Å². The summed E-state index contributed by atoms with van der Waals surface area (Å²) in [6, 6.07) is 9.74. The zero-order chi connectivity index (χ0) is 21.8. The lowest BCUT2D eigenvalue weighted by Crippen LogP contribution is -2.41. The third-order valence-corrected chi connectivity index (χ3v) is 7.02. The Bertz CT molecular complexity index is 1180. The van der Waals surface area contributed by atoms with E-state index in [1.807, 2.05) is 49.2 Å². The first kappa shape index (κ1) is 19.6. The topological polar surface area (TPSA) is 85.1 Å². The molecule has 2 N–H and O–H groups in total. The number of rotatable bonds is 4. The molecule has 2 aliphatic rings. The molecule has 1 fully saturated rings. The first-order valence-electron chi connectivity index (χ1n) is 10.8. The number of nitrogens with one attached hydrogen (secondary N) is 2. The quantitative estimate of drug-likeness (QED) is 0.636. The Balaban J connectivity index is 1.40. The number of carbonyl (C=O) groups is 2. The van der Waals surface area contributed by atoms with Crippen LogP contribution in [0.3, 0.4) is 0 Å². The Kier molecular flexibility index (Phi) is 4.50. The molecule has 0 saturated heterocycles. The van der Waals surface area contributed by atoms with Gasteiger partial charge in [0, 0.05) is 42.2 Å². The predicted molar refractivity (Wildman–Crippen MR) is 119 cm³/mol. The number of fused-ring (bicyclic) bond motifs is 2. The van der Waals surface area contributed by atoms with Crippen molar-refractivity contribution in [1.29, 1.82) is 0 Å². The molecule has 7 heteroatoms. The van der Waals surface area contributed by atoms with E-state index in [2.05, 4.69) is 28.2 Å². The zero-order valence-electron chi connectivity index (χ0n) is 18.2. The van der Waals surface area contributed by atoms with Crippen molar-refractivity contribution in [2.24, 2.45) is 0 Å². The number of carbonyl (C=O) groups excluding carboxylic acids is 2. The van der Waals surface area contributed by atoms with Gasteiger partial charge in [-0.1, -0.05) is 29.8 Å². The van der Waals surface area contributed by atoms with Gasteiger partial charge in [-0.2, -0.15) is 5.10 Å². The van der Waals surface area contributed by atoms with Crippen LogP contribution in [0.25, 0.3) is 10.9 Å². The molecule has 1 saturated carbocycles. The highest BCUT2D eigenvalue weighted by molar-refractivity contribution is 5.99. The van der Waals surface area contributed by atoms with Gasteiger partial charge in [0.25, 0.3) is 11.8 Å². The number of amides is 2. The van der Waals surface area contributed by atoms with Gasteiger partial charge >= 0.3 is 0 Å². The molecule has 0 unspecified atom stereocenters. The molecule has 3 aromatic rings. The molecule has 2 amide bonds. The number of hydrogen-bond donors (Lipinski definition) is 2. The third-order valence-electron chi connectivity index (χ3n) is 7.02. The second-order valence-corrected chi connectivity index (χ2v) is 8.64. The summed E-state index contributed by atoms with van der Waals surface area (Å²) in [5.74, 6) is -0.144. The van der Waals surface area contributed by atoms with E-state index in [-0.39, 0.29) is 17.4 Å². The van der Waals surface area contributed by atoms with Crippen LogP contribution in [0.5, 0.6) is 0 Å². The largest absolute Gasteiger partial charge is 0.351 e. The van der Waals surface area contributed by atoms with Crippen LogP contribution in [-0.4, -0.2) is 55.9 Å². The maximum Gasteiger partial charge on any atom is 0.275 e. The average molecular weight is 418 g/mol. The van der Waals surface area contributed by atoms with Crippen LogP contribution in [0.4, 0.5) is 0 Å². The highest BCUT2D eigenvalue weighted by Gasteiger charge is 2.50. The number of aromatic amines is 2. The maximum absolute atomic E-state index is 13.4. The van der Waals surface area contributed by atoms with Crippen molar-refractivity contribution in [3.63, 3.8) is 0 Å². The number of para-hydroxylation sites is 1. The van der Waals surface area contributed by atoms with E-state index in [4.69, 9.17) is 0 Å². The molecule has 0 radical (unpaired) electrons. The molecule has 0 spiro atoms. The van der Waals surface area contributed by atoms with E-state index < -0.39 is 0 Å². The van der Waals surface area contributed by atoms with Gasteiger partial charge in [-0.25, -0.2) is 0 Å². The van der Waals surface area contributed by atoms with E-state index in [0.29, 0.717) is 30.9 Å². The standard InChI is InChI=1S/C24H27N5O2/c1-4-15(2)24(10-11-24)28(3)23(31)21-17-14-29(12-9-19(17)26-27-21)22(30)20-13-16-7-5-6-8-18(16)25-20/h4-8,13,25H,9-12,14H2,1-3H3,(H,26,27)/b15-4+. The fraction of sp³-hybridized carbons (Fsp3) is 0.375. The molecule has 1 aliphatic heterocycles. The van der Waals surface area contributed by atoms with Gasteiger partial charge in [0.2, 0.25) is 0 Å². The Hall–Kier alpha value is -3.35. The summed E-state index contributed by atoms with van der Waals surface area (Å²) in [5.41, 5.74) is 4.75. The molecule has 5 rings (SSSR count). The second kappa shape index (κ2) is 7.11. The number of allylic oxidation sites excluding steroid dienone is 1. The van der Waals surface area contributed by atoms with Crippen LogP contribution in [-0.2, 0) is 13.0 Å². The molecule has 31 heavy (non-hydrogen) atoms. The van der Waals surface area contributed by atoms with Gasteiger partial charge in [-0.05, 0) is 38.8 Å². The summed E-state index contributed by atoms with van der Waals surface area (Å²) >= 11 is 0. The maximum atomic E-state index is 13.4. The van der Waals surface area contributed by atoms with E-state index in [9.17, 15) is 9.59 Å². The predicted octanol–water partition coefficient (Wildman–Crippen LogP) is 3.66. The Labute approximate surface area is 181 Å². The van der Waals surface area contributed by atoms with E-state index in [0.717, 1.165) is 35.0 Å². The van der Waals surface area contributed by atoms with E-state index in [1.54, 1.807) is 4.90 Å². The highest BCUT2D eigenvalue weighted by atomic mass is 16.2. The van der Waals surface area contributed by atoms with Crippen LogP contribution in [0.2, 0.25) is 0 Å². The summed E-state index contributed by atoms with van der Waals surface area (Å²) in [5, 5.41) is 8.42. The fourth-order valence-corrected chi connectivity index (χ4v) is 4.74. The molecular formula is C24H27N5O2. The van der Waals surface area contributed by atoms with Crippen molar-refractivity contribution >= 4 is 22.7 Å². The van der Waals surface area contributed by atoms with Crippen molar-refractivity contribution in [2.45, 2.75) is 45.2 Å². The Morgan fingerprint density at radius 3 is 2.74 bits per heavy atom. The Morgan fingerprint density at radius 1 is 1.26 bits per heavy atom. The van der Waals surface area contributed by atoms with Crippen LogP contribution >= 0.6 is 0 Å². The molecule has 1 aromatic carbocycles. The monoisotopic (exact) mass is 417 g/mol. The molecule has 1 aliphatic carbocycles. The van der Waals surface area contributed by atoms with Crippen LogP contribution < -0.4 is 0 Å². The summed E-state index contributed by atoms with van der Waals surface area (Å²) in [6.45, 7) is 5.06. The van der Waals surface area contributed by atoms with Crippen molar-refractivity contribution in [1.82, 2.24) is 25.0 Å². The normalized spacial score (nSPS) is 17.5. The summed E-state index contributed by atoms with van der Waals surface area (Å²) in [4.78, 5) is 33.4. The fourth-order valence-electron chi connectivity index (χ4n) is 4.74. The van der Waals surface area contributed by atoms with Crippen LogP contribution in [0, 0.1) is 0 Å². The Morgan fingerprint density at radius 2 is 2.03 bits per heavy atom. The van der Waals surface area contributed by atoms with Gasteiger partial charge < -0.3 is 14.8 Å². The molecular weight excluding hydrogens is 390 g/mol. The van der Waals surface area contributed by atoms with Crippen molar-refractivity contribution in [2.75, 3.05) is 13.6 Å². The van der Waals surface area contributed by atoms with Crippen molar-refractivity contribution < 1.29 is 9.59 Å². The van der Waals surface area contributed by atoms with Gasteiger partial charge in [0.1, 0.15) is 5.69 Å². The third kappa shape index (κ3) is 3.07. The van der Waals surface area contributed by atoms with Crippen molar-refractivity contribution in [3.05, 3.63) is 64.6 Å². The lowest BCUT2D eigenvalue weighted by molar-refractivity contribution is 0.0701. The number of aromatic nitrogens is 3. The van der Waals surface area contributed by atoms with Gasteiger partial charge in [-0.15, -0.1) is 0 Å². The smallest absolute Gasteiger partial charge is 0.275 e. The number of nitrogens with zero attached hydrogens (tertiary/aromatic N) is 3. The SMILES string of the molecule is C/C=C(\C)C1(N(C)C(=O)c2n[nH]c3c2CN(C(=O)c2cc4ccccc4[nH]2)CC3)CC1. The first-order valence-corrected chi connectivity index (χ1v) is 10.8. The minimum Gasteiger partial charge on any atom is -0.351 e. The molecule has 160 valence electrons. The molecule has 0 bridgehead atoms. The summed E-state index contributed by atoms with van der Waals surface area (Å²) in [7, 11) is 1.86. The molecule has 2 aromatic heterocycles. The van der Waals surface area contributed by atoms with Gasteiger partial charge in [0.15, 0.2) is 5.69 Å². The zero-order valence-corrected chi connectivity index (χ0v) is 18.2. The van der Waals surface area contributed by atoms with Gasteiger partial charge in [-0.3, -0.25) is 14.7 Å². The van der Waals surface area contributed by atoms with Crippen LogP contribution in [0.15, 0.2) is 42.0 Å². The first-order chi connectivity index (χ1) is 14.9. The minimum atomic E-state index is -0.188. The van der Waals surface area contributed by atoms with Gasteiger partial charge in [0.05, 0.1) is 12.1 Å². The number of benzene rings is 1. The molecule has 3 heterocycles. The number of H-pyrrole nitrogens is 2. The molecule has 7 nitrogen and oxygen atoms in total. The van der Waals surface area contributed by atoms with Crippen molar-refractivity contribution in [3.8, 4) is 0 Å². The van der Waals surface area contributed by atoms with E-state index >= 15 is 0 Å². The lowest BCUT2D eigenvalue weighted by Gasteiger charge is -2.30. The average Bonchev–Trinajstić information content (AvgIpc) is 3.32.